The summed E-state index contributed by atoms with van der Waals surface area (Å²) >= 11 is -1.66. The summed E-state index contributed by atoms with van der Waals surface area (Å²) in [6, 6.07) is 0. The van der Waals surface area contributed by atoms with Crippen LogP contribution < -0.4 is 0 Å². The van der Waals surface area contributed by atoms with E-state index in [9.17, 15) is 3.08 Å². The Balaban J connectivity index is 3.34. The van der Waals surface area contributed by atoms with Gasteiger partial charge in [-0.25, -0.2) is 0 Å². The van der Waals surface area contributed by atoms with Gasteiger partial charge in [-0.1, -0.05) is 0 Å². The summed E-state index contributed by atoms with van der Waals surface area (Å²) in [5, 5.41) is 0. The van der Waals surface area contributed by atoms with Gasteiger partial charge in [-0.15, -0.1) is 0 Å². The summed E-state index contributed by atoms with van der Waals surface area (Å²) in [5.41, 5.74) is -0.187. The Labute approximate surface area is 54.4 Å². The molecule has 0 rings (SSSR count). The first-order valence-corrected chi connectivity index (χ1v) is 4.44. The van der Waals surface area contributed by atoms with Crippen LogP contribution in [-0.4, -0.2) is 27.1 Å². The van der Waals surface area contributed by atoms with Crippen molar-refractivity contribution in [2.75, 3.05) is 0 Å². The fraction of sp³-hybridized carbons (Fsp3) is 1.00. The van der Waals surface area contributed by atoms with Crippen molar-refractivity contribution in [2.24, 2.45) is 0 Å². The third-order valence-corrected chi connectivity index (χ3v) is 2.33. The van der Waals surface area contributed by atoms with Gasteiger partial charge >= 0.3 is 54.1 Å². The van der Waals surface area contributed by atoms with E-state index in [2.05, 4.69) is 0 Å². The average Bonchev–Trinajstić information content (AvgIpc) is 1.30. The Morgan fingerprint density at radius 1 is 1.43 bits per heavy atom. The zero-order valence-corrected chi connectivity index (χ0v) is 7.67. The number of hydrogen-bond donors (Lipinski definition) is 0. The van der Waals surface area contributed by atoms with Crippen molar-refractivity contribution >= 4 is 21.5 Å². The summed E-state index contributed by atoms with van der Waals surface area (Å²) in [5.74, 6) is 0. The first-order valence-electron chi connectivity index (χ1n) is 2.11. The Morgan fingerprint density at radius 3 is 1.86 bits per heavy atom. The second kappa shape index (κ2) is 2.77. The monoisotopic (exact) mass is 209 g/mol. The maximum atomic E-state index is 9.89. The molecule has 1 radical (unpaired) electrons. The summed E-state index contributed by atoms with van der Waals surface area (Å²) in [4.78, 5) is 0. The minimum atomic E-state index is -1.66. The Morgan fingerprint density at radius 2 is 1.86 bits per heavy atom. The predicted octanol–water partition coefficient (Wildman–Crippen LogP) is 0.766. The predicted molar refractivity (Wildman–Crippen MR) is 27.3 cm³/mol. The van der Waals surface area contributed by atoms with E-state index in [1.54, 1.807) is 0 Å². The van der Waals surface area contributed by atoms with Crippen LogP contribution in [0.1, 0.15) is 20.8 Å². The van der Waals surface area contributed by atoms with Crippen LogP contribution in [0, 0.1) is 0 Å². The van der Waals surface area contributed by atoms with Crippen LogP contribution >= 0.6 is 0 Å². The molecule has 0 saturated heterocycles. The van der Waals surface area contributed by atoms with Gasteiger partial charge < -0.3 is 0 Å². The SMILES string of the molecule is CC(C)(C)[O][Sn]=[O]. The van der Waals surface area contributed by atoms with Gasteiger partial charge in [-0.3, -0.25) is 0 Å². The number of rotatable bonds is 1. The molecular formula is C4H9O2Sn. The Bertz CT molecular complexity index is 64.6. The molecule has 0 unspecified atom stereocenters. The molecule has 0 aromatic carbocycles. The van der Waals surface area contributed by atoms with Gasteiger partial charge in [0.2, 0.25) is 0 Å². The van der Waals surface area contributed by atoms with Crippen molar-refractivity contribution in [1.82, 2.24) is 0 Å². The molecule has 0 aromatic rings. The van der Waals surface area contributed by atoms with Gasteiger partial charge in [0.05, 0.1) is 0 Å². The van der Waals surface area contributed by atoms with E-state index < -0.39 is 21.5 Å². The van der Waals surface area contributed by atoms with Crippen molar-refractivity contribution in [3.8, 4) is 0 Å². The Kier molecular flexibility index (Phi) is 2.99. The molecule has 0 aliphatic rings. The normalized spacial score (nSPS) is 11.3. The third-order valence-electron chi connectivity index (χ3n) is 0.348. The average molecular weight is 208 g/mol. The second-order valence-electron chi connectivity index (χ2n) is 2.30. The second-order valence-corrected chi connectivity index (χ2v) is 3.36. The molecule has 0 aliphatic carbocycles. The summed E-state index contributed by atoms with van der Waals surface area (Å²) in [7, 11) is 0. The maximum absolute atomic E-state index is 9.89. The summed E-state index contributed by atoms with van der Waals surface area (Å²) in [6.45, 7) is 5.68. The fourth-order valence-electron chi connectivity index (χ4n) is 0.125. The van der Waals surface area contributed by atoms with Gasteiger partial charge in [0.1, 0.15) is 0 Å². The van der Waals surface area contributed by atoms with E-state index in [1.807, 2.05) is 20.8 Å². The summed E-state index contributed by atoms with van der Waals surface area (Å²) in [6.07, 6.45) is 0. The van der Waals surface area contributed by atoms with E-state index in [0.29, 0.717) is 0 Å². The third kappa shape index (κ3) is 6.56. The van der Waals surface area contributed by atoms with Crippen molar-refractivity contribution in [2.45, 2.75) is 26.4 Å². The molecule has 2 nitrogen and oxygen atoms in total. The van der Waals surface area contributed by atoms with Gasteiger partial charge in [-0.05, 0) is 0 Å². The first kappa shape index (κ1) is 7.56. The van der Waals surface area contributed by atoms with Crippen molar-refractivity contribution in [3.63, 3.8) is 0 Å². The standard InChI is InChI=1S/C4H9O.O.Sn/c1-4(2,3)5;;/h1-3H3;;/q-1;;+1. The van der Waals surface area contributed by atoms with E-state index >= 15 is 0 Å². The van der Waals surface area contributed by atoms with Gasteiger partial charge in [0.25, 0.3) is 0 Å². The first-order chi connectivity index (χ1) is 3.06. The van der Waals surface area contributed by atoms with Gasteiger partial charge in [0.15, 0.2) is 0 Å². The van der Waals surface area contributed by atoms with E-state index in [4.69, 9.17) is 3.07 Å². The molecule has 0 aromatic heterocycles. The van der Waals surface area contributed by atoms with Crippen LogP contribution in [0.25, 0.3) is 0 Å². The Hall–Kier alpha value is 0.559. The summed E-state index contributed by atoms with van der Waals surface area (Å²) < 4.78 is 14.7. The van der Waals surface area contributed by atoms with Crippen LogP contribution in [0.3, 0.4) is 0 Å². The molecule has 0 N–H and O–H groups in total. The topological polar surface area (TPSA) is 26.3 Å². The van der Waals surface area contributed by atoms with Gasteiger partial charge in [0, 0.05) is 0 Å². The molecule has 0 fully saturated rings. The van der Waals surface area contributed by atoms with Crippen LogP contribution in [0.15, 0.2) is 0 Å². The zero-order chi connectivity index (χ0) is 5.91. The van der Waals surface area contributed by atoms with Gasteiger partial charge in [-0.2, -0.15) is 0 Å². The van der Waals surface area contributed by atoms with Crippen LogP contribution in [0.2, 0.25) is 0 Å². The van der Waals surface area contributed by atoms with E-state index in [0.717, 1.165) is 0 Å². The molecule has 7 heavy (non-hydrogen) atoms. The van der Waals surface area contributed by atoms with Crippen LogP contribution in [-0.2, 0) is 6.15 Å². The van der Waals surface area contributed by atoms with E-state index in [-0.39, 0.29) is 5.60 Å². The molecule has 0 atom stereocenters. The van der Waals surface area contributed by atoms with Crippen molar-refractivity contribution in [1.29, 1.82) is 0 Å². The quantitative estimate of drug-likeness (QED) is 0.594. The fourth-order valence-corrected chi connectivity index (χ4v) is 0.839. The molecule has 0 saturated carbocycles. The molecule has 0 heterocycles. The molecule has 3 heteroatoms. The molecular weight excluding hydrogens is 199 g/mol. The molecule has 0 spiro atoms. The minimum absolute atomic E-state index is 0.187. The molecule has 0 bridgehead atoms. The zero-order valence-electron chi connectivity index (χ0n) is 4.82. The van der Waals surface area contributed by atoms with Crippen LogP contribution in [0.5, 0.6) is 0 Å². The van der Waals surface area contributed by atoms with Crippen LogP contribution in [0.4, 0.5) is 0 Å². The van der Waals surface area contributed by atoms with E-state index in [1.165, 1.54) is 0 Å². The number of hydrogen-bond acceptors (Lipinski definition) is 2. The molecule has 0 amide bonds. The van der Waals surface area contributed by atoms with Crippen molar-refractivity contribution in [3.05, 3.63) is 0 Å². The molecule has 41 valence electrons. The van der Waals surface area contributed by atoms with Crippen molar-refractivity contribution < 1.29 is 6.15 Å². The molecule has 0 aliphatic heterocycles.